The van der Waals surface area contributed by atoms with Crippen molar-refractivity contribution >= 4 is 5.91 Å². The Bertz CT molecular complexity index is 532. The van der Waals surface area contributed by atoms with Crippen molar-refractivity contribution in [3.63, 3.8) is 0 Å². The van der Waals surface area contributed by atoms with Crippen LogP contribution in [0.3, 0.4) is 0 Å². The average Bonchev–Trinajstić information content (AvgIpc) is 2.83. The van der Waals surface area contributed by atoms with E-state index in [9.17, 15) is 4.79 Å². The second kappa shape index (κ2) is 7.96. The number of aryl methyl sites for hydroxylation is 2. The topological polar surface area (TPSA) is 33.5 Å². The number of benzene rings is 1. The predicted molar refractivity (Wildman–Crippen MR) is 93.7 cm³/mol. The summed E-state index contributed by atoms with van der Waals surface area (Å²) in [4.78, 5) is 13.8. The molecule has 126 valence electrons. The second-order valence-electron chi connectivity index (χ2n) is 7.37. The molecule has 1 aliphatic heterocycles. The normalized spacial score (nSPS) is 20.4. The molecule has 3 heteroatoms. The van der Waals surface area contributed by atoms with Gasteiger partial charge in [-0.25, -0.2) is 0 Å². The quantitative estimate of drug-likeness (QED) is 0.877. The Hall–Kier alpha value is -1.35. The first-order chi connectivity index (χ1) is 11.2. The predicted octanol–water partition coefficient (Wildman–Crippen LogP) is 2.20. The van der Waals surface area contributed by atoms with E-state index < -0.39 is 0 Å². The number of hydrogen-bond acceptors (Lipinski definition) is 1. The zero-order valence-electron chi connectivity index (χ0n) is 14.5. The molecule has 3 rings (SSSR count). The summed E-state index contributed by atoms with van der Waals surface area (Å²) in [5, 5.41) is 3.21. The highest BCUT2D eigenvalue weighted by atomic mass is 16.2. The summed E-state index contributed by atoms with van der Waals surface area (Å²) >= 11 is 0. The van der Waals surface area contributed by atoms with Crippen molar-refractivity contribution in [2.45, 2.75) is 64.3 Å². The molecular formula is C20H31N2O+. The summed E-state index contributed by atoms with van der Waals surface area (Å²) in [7, 11) is 0. The number of likely N-dealkylation sites (tertiary alicyclic amines) is 1. The minimum atomic E-state index is 0.112. The largest absolute Gasteiger partial charge is 0.345 e. The molecule has 0 saturated carbocycles. The van der Waals surface area contributed by atoms with Crippen molar-refractivity contribution < 1.29 is 9.69 Å². The van der Waals surface area contributed by atoms with Gasteiger partial charge in [-0.05, 0) is 75.0 Å². The lowest BCUT2D eigenvalue weighted by Gasteiger charge is -2.21. The molecule has 2 aliphatic rings. The van der Waals surface area contributed by atoms with Gasteiger partial charge in [-0.1, -0.05) is 18.2 Å². The molecule has 1 amide bonds. The van der Waals surface area contributed by atoms with Crippen LogP contribution in [-0.2, 0) is 17.6 Å². The van der Waals surface area contributed by atoms with E-state index in [0.717, 1.165) is 13.1 Å². The molecule has 0 spiro atoms. The van der Waals surface area contributed by atoms with Crippen LogP contribution in [0, 0.1) is 0 Å². The molecule has 1 aliphatic carbocycles. The van der Waals surface area contributed by atoms with Gasteiger partial charge in [0.1, 0.15) is 0 Å². The molecule has 2 N–H and O–H groups in total. The first-order valence-corrected chi connectivity index (χ1v) is 9.47. The fraction of sp³-hybridized carbons (Fsp3) is 0.650. The van der Waals surface area contributed by atoms with Crippen LogP contribution < -0.4 is 10.2 Å². The third-order valence-electron chi connectivity index (χ3n) is 5.47. The highest BCUT2D eigenvalue weighted by Crippen LogP contribution is 2.24. The van der Waals surface area contributed by atoms with Crippen LogP contribution in [0.25, 0.3) is 0 Å². The van der Waals surface area contributed by atoms with Gasteiger partial charge in [0.25, 0.3) is 5.91 Å². The van der Waals surface area contributed by atoms with Gasteiger partial charge in [0, 0.05) is 0 Å². The van der Waals surface area contributed by atoms with E-state index in [0.29, 0.717) is 6.54 Å². The first kappa shape index (κ1) is 16.5. The molecule has 1 heterocycles. The van der Waals surface area contributed by atoms with Gasteiger partial charge in [0.15, 0.2) is 6.54 Å². The van der Waals surface area contributed by atoms with Gasteiger partial charge in [0.2, 0.25) is 0 Å². The van der Waals surface area contributed by atoms with E-state index in [4.69, 9.17) is 0 Å². The number of quaternary nitrogens is 1. The average molecular weight is 315 g/mol. The van der Waals surface area contributed by atoms with Crippen molar-refractivity contribution in [3.05, 3.63) is 34.9 Å². The molecule has 3 nitrogen and oxygen atoms in total. The van der Waals surface area contributed by atoms with Crippen LogP contribution in [0.2, 0.25) is 0 Å². The fourth-order valence-electron chi connectivity index (χ4n) is 4.03. The van der Waals surface area contributed by atoms with Crippen LogP contribution in [0.1, 0.15) is 68.2 Å². The summed E-state index contributed by atoms with van der Waals surface area (Å²) < 4.78 is 0. The Labute approximate surface area is 140 Å². The van der Waals surface area contributed by atoms with Crippen LogP contribution in [0.4, 0.5) is 0 Å². The summed E-state index contributed by atoms with van der Waals surface area (Å²) in [6, 6.07) is 6.90. The van der Waals surface area contributed by atoms with E-state index in [1.807, 2.05) is 0 Å². The molecule has 1 saturated heterocycles. The molecule has 23 heavy (non-hydrogen) atoms. The SMILES string of the molecule is C[C@H](NC(=O)C[NH+]1CCCCCC1)c1ccc2c(c1)CCCC2. The fourth-order valence-corrected chi connectivity index (χ4v) is 4.03. The highest BCUT2D eigenvalue weighted by molar-refractivity contribution is 5.77. The summed E-state index contributed by atoms with van der Waals surface area (Å²) in [6.07, 6.45) is 10.2. The number of nitrogens with one attached hydrogen (secondary N) is 2. The summed E-state index contributed by atoms with van der Waals surface area (Å²) in [5.41, 5.74) is 4.25. The van der Waals surface area contributed by atoms with Crippen LogP contribution in [-0.4, -0.2) is 25.5 Å². The van der Waals surface area contributed by atoms with Gasteiger partial charge < -0.3 is 10.2 Å². The maximum Gasteiger partial charge on any atom is 0.275 e. The first-order valence-electron chi connectivity index (χ1n) is 9.47. The molecule has 0 aromatic heterocycles. The van der Waals surface area contributed by atoms with E-state index in [1.165, 1.54) is 73.0 Å². The van der Waals surface area contributed by atoms with E-state index >= 15 is 0 Å². The lowest BCUT2D eigenvalue weighted by Crippen LogP contribution is -3.13. The third kappa shape index (κ3) is 4.57. The number of rotatable bonds is 4. The Balaban J connectivity index is 1.55. The van der Waals surface area contributed by atoms with E-state index in [-0.39, 0.29) is 11.9 Å². The second-order valence-corrected chi connectivity index (χ2v) is 7.37. The van der Waals surface area contributed by atoms with E-state index in [1.54, 1.807) is 0 Å². The molecular weight excluding hydrogens is 284 g/mol. The molecule has 0 radical (unpaired) electrons. The van der Waals surface area contributed by atoms with Crippen LogP contribution in [0.5, 0.6) is 0 Å². The standard InChI is InChI=1S/C20H30N2O/c1-16(18-11-10-17-8-4-5-9-19(17)14-18)21-20(23)15-22-12-6-2-3-7-13-22/h10-11,14,16H,2-9,12-13,15H2,1H3,(H,21,23)/p+1/t16-/m0/s1. The monoisotopic (exact) mass is 315 g/mol. The lowest BCUT2D eigenvalue weighted by atomic mass is 9.89. The van der Waals surface area contributed by atoms with Gasteiger partial charge in [-0.3, -0.25) is 4.79 Å². The Morgan fingerprint density at radius 1 is 1.04 bits per heavy atom. The highest BCUT2D eigenvalue weighted by Gasteiger charge is 2.19. The molecule has 1 atom stereocenters. The van der Waals surface area contributed by atoms with Gasteiger partial charge in [0.05, 0.1) is 19.1 Å². The third-order valence-corrected chi connectivity index (χ3v) is 5.47. The Morgan fingerprint density at radius 2 is 1.74 bits per heavy atom. The zero-order chi connectivity index (χ0) is 16.1. The molecule has 1 fully saturated rings. The minimum absolute atomic E-state index is 0.112. The summed E-state index contributed by atoms with van der Waals surface area (Å²) in [6.45, 7) is 5.05. The van der Waals surface area contributed by atoms with Crippen LogP contribution in [0.15, 0.2) is 18.2 Å². The number of carbonyl (C=O) groups excluding carboxylic acids is 1. The smallest absolute Gasteiger partial charge is 0.275 e. The number of hydrogen-bond donors (Lipinski definition) is 2. The maximum atomic E-state index is 12.4. The van der Waals surface area contributed by atoms with Crippen LogP contribution >= 0.6 is 0 Å². The van der Waals surface area contributed by atoms with Crippen molar-refractivity contribution in [1.29, 1.82) is 0 Å². The zero-order valence-corrected chi connectivity index (χ0v) is 14.5. The van der Waals surface area contributed by atoms with Gasteiger partial charge in [-0.15, -0.1) is 0 Å². The Kier molecular flexibility index (Phi) is 5.71. The van der Waals surface area contributed by atoms with Crippen molar-refractivity contribution in [1.82, 2.24) is 5.32 Å². The maximum absolute atomic E-state index is 12.4. The van der Waals surface area contributed by atoms with E-state index in [2.05, 4.69) is 30.4 Å². The van der Waals surface area contributed by atoms with Crippen molar-refractivity contribution in [2.24, 2.45) is 0 Å². The Morgan fingerprint density at radius 3 is 2.48 bits per heavy atom. The number of amides is 1. The number of fused-ring (bicyclic) bond motifs is 1. The van der Waals surface area contributed by atoms with Crippen molar-refractivity contribution in [2.75, 3.05) is 19.6 Å². The lowest BCUT2D eigenvalue weighted by molar-refractivity contribution is -0.891. The van der Waals surface area contributed by atoms with Gasteiger partial charge in [-0.2, -0.15) is 0 Å². The minimum Gasteiger partial charge on any atom is -0.345 e. The van der Waals surface area contributed by atoms with Crippen molar-refractivity contribution in [3.8, 4) is 0 Å². The van der Waals surface area contributed by atoms with Gasteiger partial charge >= 0.3 is 0 Å². The number of carbonyl (C=O) groups is 1. The molecule has 0 unspecified atom stereocenters. The summed E-state index contributed by atoms with van der Waals surface area (Å²) in [5.74, 6) is 0.201. The molecule has 1 aromatic rings. The molecule has 0 bridgehead atoms. The molecule has 1 aromatic carbocycles.